The lowest BCUT2D eigenvalue weighted by atomic mass is 9.98. The first-order valence-corrected chi connectivity index (χ1v) is 8.15. The molecular formula is C15H28N2OS. The molecule has 0 aromatic carbocycles. The molecule has 0 aliphatic heterocycles. The zero-order chi connectivity index (χ0) is 14.1. The Bertz CT molecular complexity index is 344. The van der Waals surface area contributed by atoms with E-state index < -0.39 is 0 Å². The number of aromatic nitrogens is 1. The summed E-state index contributed by atoms with van der Waals surface area (Å²) in [6, 6.07) is 0. The molecule has 0 radical (unpaired) electrons. The standard InChI is InChI=1S/C15H28N2OS/c1-5-6-9-18-10-7-8-16-11-13-12-19-14(17-13)15(2,3)4/h12,16H,5-11H2,1-4H3. The van der Waals surface area contributed by atoms with Gasteiger partial charge in [0, 0.05) is 30.6 Å². The molecule has 1 heterocycles. The number of rotatable bonds is 9. The van der Waals surface area contributed by atoms with Gasteiger partial charge in [-0.2, -0.15) is 0 Å². The van der Waals surface area contributed by atoms with Crippen LogP contribution in [0.1, 0.15) is 57.7 Å². The Morgan fingerprint density at radius 2 is 2.00 bits per heavy atom. The van der Waals surface area contributed by atoms with Crippen LogP contribution in [0.5, 0.6) is 0 Å². The van der Waals surface area contributed by atoms with Gasteiger partial charge >= 0.3 is 0 Å². The Morgan fingerprint density at radius 3 is 2.63 bits per heavy atom. The summed E-state index contributed by atoms with van der Waals surface area (Å²) in [5, 5.41) is 6.79. The Kier molecular flexibility index (Phi) is 7.57. The smallest absolute Gasteiger partial charge is 0.0982 e. The van der Waals surface area contributed by atoms with Gasteiger partial charge in [-0.3, -0.25) is 0 Å². The van der Waals surface area contributed by atoms with E-state index in [1.165, 1.54) is 17.8 Å². The third-order valence-electron chi connectivity index (χ3n) is 2.78. The lowest BCUT2D eigenvalue weighted by Crippen LogP contribution is -2.17. The number of ether oxygens (including phenoxy) is 1. The molecule has 0 saturated carbocycles. The highest BCUT2D eigenvalue weighted by Crippen LogP contribution is 2.25. The molecule has 0 aliphatic rings. The molecule has 1 rings (SSSR count). The van der Waals surface area contributed by atoms with E-state index in [4.69, 9.17) is 4.74 Å². The number of thiazole rings is 1. The molecule has 4 heteroatoms. The lowest BCUT2D eigenvalue weighted by molar-refractivity contribution is 0.128. The Morgan fingerprint density at radius 1 is 1.26 bits per heavy atom. The minimum Gasteiger partial charge on any atom is -0.381 e. The minimum absolute atomic E-state index is 0.163. The molecule has 1 aromatic heterocycles. The van der Waals surface area contributed by atoms with Crippen molar-refractivity contribution in [1.29, 1.82) is 0 Å². The maximum absolute atomic E-state index is 5.52. The summed E-state index contributed by atoms with van der Waals surface area (Å²) < 4.78 is 5.52. The highest BCUT2D eigenvalue weighted by Gasteiger charge is 2.17. The van der Waals surface area contributed by atoms with Crippen LogP contribution in [-0.4, -0.2) is 24.7 Å². The predicted molar refractivity (Wildman–Crippen MR) is 82.9 cm³/mol. The molecule has 0 aliphatic carbocycles. The monoisotopic (exact) mass is 284 g/mol. The number of nitrogens with one attached hydrogen (secondary N) is 1. The van der Waals surface area contributed by atoms with Crippen LogP contribution in [-0.2, 0) is 16.7 Å². The van der Waals surface area contributed by atoms with Crippen LogP contribution in [0.4, 0.5) is 0 Å². The van der Waals surface area contributed by atoms with E-state index in [9.17, 15) is 0 Å². The molecular weight excluding hydrogens is 256 g/mol. The molecule has 0 amide bonds. The second-order valence-electron chi connectivity index (χ2n) is 5.89. The number of nitrogens with zero attached hydrogens (tertiary/aromatic N) is 1. The van der Waals surface area contributed by atoms with Gasteiger partial charge in [-0.15, -0.1) is 11.3 Å². The first-order chi connectivity index (χ1) is 9.04. The second-order valence-corrected chi connectivity index (χ2v) is 6.75. The van der Waals surface area contributed by atoms with E-state index in [1.807, 2.05) is 0 Å². The molecule has 0 fully saturated rings. The molecule has 0 unspecified atom stereocenters. The van der Waals surface area contributed by atoms with Crippen molar-refractivity contribution < 1.29 is 4.74 Å². The Labute approximate surface area is 121 Å². The highest BCUT2D eigenvalue weighted by atomic mass is 32.1. The summed E-state index contributed by atoms with van der Waals surface area (Å²) in [4.78, 5) is 4.66. The second kappa shape index (κ2) is 8.67. The fourth-order valence-corrected chi connectivity index (χ4v) is 2.50. The van der Waals surface area contributed by atoms with Crippen LogP contribution in [0, 0.1) is 0 Å². The van der Waals surface area contributed by atoms with Crippen molar-refractivity contribution in [2.24, 2.45) is 0 Å². The summed E-state index contributed by atoms with van der Waals surface area (Å²) in [7, 11) is 0. The molecule has 110 valence electrons. The van der Waals surface area contributed by atoms with Gasteiger partial charge in [-0.1, -0.05) is 34.1 Å². The Hall–Kier alpha value is -0.450. The van der Waals surface area contributed by atoms with Crippen LogP contribution < -0.4 is 5.32 Å². The van der Waals surface area contributed by atoms with E-state index in [1.54, 1.807) is 11.3 Å². The zero-order valence-corrected chi connectivity index (χ0v) is 13.6. The summed E-state index contributed by atoms with van der Waals surface area (Å²) in [6.07, 6.45) is 3.44. The van der Waals surface area contributed by atoms with Gasteiger partial charge in [-0.05, 0) is 19.4 Å². The topological polar surface area (TPSA) is 34.1 Å². The van der Waals surface area contributed by atoms with Gasteiger partial charge in [0.25, 0.3) is 0 Å². The fraction of sp³-hybridized carbons (Fsp3) is 0.800. The van der Waals surface area contributed by atoms with Crippen molar-refractivity contribution in [1.82, 2.24) is 10.3 Å². The summed E-state index contributed by atoms with van der Waals surface area (Å²) in [5.74, 6) is 0. The average Bonchev–Trinajstić information content (AvgIpc) is 2.81. The van der Waals surface area contributed by atoms with Gasteiger partial charge in [0.1, 0.15) is 0 Å². The predicted octanol–water partition coefficient (Wildman–Crippen LogP) is 3.74. The molecule has 0 spiro atoms. The van der Waals surface area contributed by atoms with E-state index in [-0.39, 0.29) is 5.41 Å². The van der Waals surface area contributed by atoms with E-state index in [0.29, 0.717) is 0 Å². The van der Waals surface area contributed by atoms with Crippen molar-refractivity contribution in [3.05, 3.63) is 16.1 Å². The SMILES string of the molecule is CCCCOCCCNCc1csc(C(C)(C)C)n1. The molecule has 1 N–H and O–H groups in total. The largest absolute Gasteiger partial charge is 0.381 e. The van der Waals surface area contributed by atoms with Crippen LogP contribution in [0.15, 0.2) is 5.38 Å². The van der Waals surface area contributed by atoms with Crippen LogP contribution in [0.2, 0.25) is 0 Å². The quantitative estimate of drug-likeness (QED) is 0.702. The third kappa shape index (κ3) is 7.04. The highest BCUT2D eigenvalue weighted by molar-refractivity contribution is 7.09. The van der Waals surface area contributed by atoms with E-state index >= 15 is 0 Å². The molecule has 0 saturated heterocycles. The van der Waals surface area contributed by atoms with Crippen molar-refractivity contribution in [2.75, 3.05) is 19.8 Å². The van der Waals surface area contributed by atoms with Crippen molar-refractivity contribution in [3.63, 3.8) is 0 Å². The normalized spacial score (nSPS) is 12.0. The molecule has 19 heavy (non-hydrogen) atoms. The number of unbranched alkanes of at least 4 members (excludes halogenated alkanes) is 1. The molecule has 3 nitrogen and oxygen atoms in total. The summed E-state index contributed by atoms with van der Waals surface area (Å²) in [5.41, 5.74) is 1.32. The third-order valence-corrected chi connectivity index (χ3v) is 4.10. The fourth-order valence-electron chi connectivity index (χ4n) is 1.60. The zero-order valence-electron chi connectivity index (χ0n) is 12.8. The van der Waals surface area contributed by atoms with Crippen LogP contribution in [0.3, 0.4) is 0 Å². The van der Waals surface area contributed by atoms with Crippen molar-refractivity contribution in [3.8, 4) is 0 Å². The van der Waals surface area contributed by atoms with E-state index in [2.05, 4.69) is 43.4 Å². The number of hydrogen-bond acceptors (Lipinski definition) is 4. The van der Waals surface area contributed by atoms with Gasteiger partial charge in [0.2, 0.25) is 0 Å². The van der Waals surface area contributed by atoms with E-state index in [0.717, 1.165) is 38.4 Å². The maximum Gasteiger partial charge on any atom is 0.0982 e. The van der Waals surface area contributed by atoms with Crippen LogP contribution >= 0.6 is 11.3 Å². The first-order valence-electron chi connectivity index (χ1n) is 7.27. The Balaban J connectivity index is 2.08. The van der Waals surface area contributed by atoms with Crippen molar-refractivity contribution in [2.45, 2.75) is 58.9 Å². The molecule has 0 bridgehead atoms. The van der Waals surface area contributed by atoms with Crippen LogP contribution in [0.25, 0.3) is 0 Å². The lowest BCUT2D eigenvalue weighted by Gasteiger charge is -2.13. The van der Waals surface area contributed by atoms with Gasteiger partial charge in [0.05, 0.1) is 10.7 Å². The molecule has 0 atom stereocenters. The van der Waals surface area contributed by atoms with Gasteiger partial charge in [0.15, 0.2) is 0 Å². The molecule has 1 aromatic rings. The maximum atomic E-state index is 5.52. The minimum atomic E-state index is 0.163. The van der Waals surface area contributed by atoms with Gasteiger partial charge < -0.3 is 10.1 Å². The average molecular weight is 284 g/mol. The first kappa shape index (κ1) is 16.6. The van der Waals surface area contributed by atoms with Crippen molar-refractivity contribution >= 4 is 11.3 Å². The summed E-state index contributed by atoms with van der Waals surface area (Å²) >= 11 is 1.76. The van der Waals surface area contributed by atoms with Gasteiger partial charge in [-0.25, -0.2) is 4.98 Å². The number of hydrogen-bond donors (Lipinski definition) is 1. The summed E-state index contributed by atoms with van der Waals surface area (Å²) in [6.45, 7) is 12.4.